The minimum atomic E-state index is -0.348. The highest BCUT2D eigenvalue weighted by molar-refractivity contribution is 5.30. The fourth-order valence-corrected chi connectivity index (χ4v) is 2.40. The molecule has 0 saturated carbocycles. The molecule has 1 aromatic rings. The molecule has 2 N–H and O–H groups in total. The van der Waals surface area contributed by atoms with Crippen LogP contribution in [0.25, 0.3) is 0 Å². The highest BCUT2D eigenvalue weighted by atomic mass is 19.1. The van der Waals surface area contributed by atoms with Gasteiger partial charge in [0.05, 0.1) is 12.7 Å². The van der Waals surface area contributed by atoms with Crippen LogP contribution in [0.1, 0.15) is 25.3 Å². The van der Waals surface area contributed by atoms with Gasteiger partial charge in [0, 0.05) is 12.6 Å². The monoisotopic (exact) mass is 253 g/mol. The lowest BCUT2D eigenvalue weighted by atomic mass is 9.89. The lowest BCUT2D eigenvalue weighted by molar-refractivity contribution is -0.000921. The molecule has 1 saturated heterocycles. The second-order valence-electron chi connectivity index (χ2n) is 5.04. The summed E-state index contributed by atoms with van der Waals surface area (Å²) in [4.78, 5) is 0. The zero-order valence-corrected chi connectivity index (χ0v) is 10.9. The maximum absolute atomic E-state index is 13.6. The number of ether oxygens (including phenoxy) is 2. The molecule has 1 aliphatic rings. The molecule has 1 aromatic carbocycles. The lowest BCUT2D eigenvalue weighted by Crippen LogP contribution is -2.46. The molecule has 0 radical (unpaired) electrons. The topological polar surface area (TPSA) is 44.5 Å². The van der Waals surface area contributed by atoms with Gasteiger partial charge in [0.25, 0.3) is 0 Å². The summed E-state index contributed by atoms with van der Waals surface area (Å²) in [5.41, 5.74) is 6.78. The molecule has 4 heteroatoms. The van der Waals surface area contributed by atoms with Crippen molar-refractivity contribution in [3.8, 4) is 5.75 Å². The minimum Gasteiger partial charge on any atom is -0.494 e. The maximum Gasteiger partial charge on any atom is 0.165 e. The van der Waals surface area contributed by atoms with Crippen LogP contribution in [-0.2, 0) is 11.2 Å². The van der Waals surface area contributed by atoms with E-state index in [1.807, 2.05) is 13.0 Å². The van der Waals surface area contributed by atoms with Gasteiger partial charge in [-0.2, -0.15) is 0 Å². The van der Waals surface area contributed by atoms with Crippen molar-refractivity contribution < 1.29 is 13.9 Å². The van der Waals surface area contributed by atoms with Crippen LogP contribution in [0.5, 0.6) is 5.75 Å². The van der Waals surface area contributed by atoms with Gasteiger partial charge in [-0.1, -0.05) is 6.07 Å². The van der Waals surface area contributed by atoms with Crippen LogP contribution in [0.15, 0.2) is 18.2 Å². The third-order valence-electron chi connectivity index (χ3n) is 3.71. The Bertz CT molecular complexity index is 416. The number of hydrogen-bond acceptors (Lipinski definition) is 3. The Morgan fingerprint density at radius 1 is 1.56 bits per heavy atom. The van der Waals surface area contributed by atoms with E-state index in [4.69, 9.17) is 15.2 Å². The van der Waals surface area contributed by atoms with Gasteiger partial charge in [-0.15, -0.1) is 0 Å². The molecule has 2 unspecified atom stereocenters. The van der Waals surface area contributed by atoms with Crippen LogP contribution in [-0.4, -0.2) is 25.4 Å². The molecular formula is C14H20FNO2. The third kappa shape index (κ3) is 2.65. The normalized spacial score (nSPS) is 25.1. The molecule has 0 aromatic heterocycles. The van der Waals surface area contributed by atoms with Crippen LogP contribution in [0.3, 0.4) is 0 Å². The summed E-state index contributed by atoms with van der Waals surface area (Å²) in [6, 6.07) is 4.85. The Balaban J connectivity index is 2.07. The molecule has 2 atom stereocenters. The maximum atomic E-state index is 13.6. The molecule has 100 valence electrons. The SMILES string of the molecule is COc1ccc(CC(N)C2(C)CCCO2)cc1F. The van der Waals surface area contributed by atoms with Crippen molar-refractivity contribution in [3.05, 3.63) is 29.6 Å². The van der Waals surface area contributed by atoms with Gasteiger partial charge in [0.1, 0.15) is 0 Å². The molecular weight excluding hydrogens is 233 g/mol. The Hall–Kier alpha value is -1.13. The molecule has 1 fully saturated rings. The fraction of sp³-hybridized carbons (Fsp3) is 0.571. The summed E-state index contributed by atoms with van der Waals surface area (Å²) < 4.78 is 24.2. The summed E-state index contributed by atoms with van der Waals surface area (Å²) in [5, 5.41) is 0. The van der Waals surface area contributed by atoms with E-state index in [0.717, 1.165) is 25.0 Å². The van der Waals surface area contributed by atoms with Crippen molar-refractivity contribution in [3.63, 3.8) is 0 Å². The Morgan fingerprint density at radius 3 is 2.89 bits per heavy atom. The molecule has 1 aliphatic heterocycles. The van der Waals surface area contributed by atoms with Crippen molar-refractivity contribution in [2.75, 3.05) is 13.7 Å². The van der Waals surface area contributed by atoms with Crippen LogP contribution in [0.4, 0.5) is 4.39 Å². The van der Waals surface area contributed by atoms with Crippen LogP contribution in [0, 0.1) is 5.82 Å². The number of hydrogen-bond donors (Lipinski definition) is 1. The third-order valence-corrected chi connectivity index (χ3v) is 3.71. The Kier molecular flexibility index (Phi) is 3.88. The van der Waals surface area contributed by atoms with Gasteiger partial charge in [0.2, 0.25) is 0 Å². The summed E-state index contributed by atoms with van der Waals surface area (Å²) in [7, 11) is 1.46. The van der Waals surface area contributed by atoms with Crippen molar-refractivity contribution in [1.82, 2.24) is 0 Å². The zero-order valence-electron chi connectivity index (χ0n) is 10.9. The fourth-order valence-electron chi connectivity index (χ4n) is 2.40. The van der Waals surface area contributed by atoms with Crippen molar-refractivity contribution in [1.29, 1.82) is 0 Å². The van der Waals surface area contributed by atoms with Gasteiger partial charge < -0.3 is 15.2 Å². The molecule has 3 nitrogen and oxygen atoms in total. The highest BCUT2D eigenvalue weighted by Gasteiger charge is 2.36. The smallest absolute Gasteiger partial charge is 0.165 e. The second-order valence-corrected chi connectivity index (χ2v) is 5.04. The van der Waals surface area contributed by atoms with Crippen molar-refractivity contribution >= 4 is 0 Å². The average Bonchev–Trinajstić information content (AvgIpc) is 2.78. The van der Waals surface area contributed by atoms with Gasteiger partial charge in [-0.25, -0.2) is 4.39 Å². The first-order valence-electron chi connectivity index (χ1n) is 6.27. The molecule has 18 heavy (non-hydrogen) atoms. The number of rotatable bonds is 4. The van der Waals surface area contributed by atoms with E-state index in [0.29, 0.717) is 6.42 Å². The zero-order chi connectivity index (χ0) is 13.2. The molecule has 0 bridgehead atoms. The predicted octanol–water partition coefficient (Wildman–Crippen LogP) is 2.27. The summed E-state index contributed by atoms with van der Waals surface area (Å²) >= 11 is 0. The average molecular weight is 253 g/mol. The predicted molar refractivity (Wildman–Crippen MR) is 68.2 cm³/mol. The quantitative estimate of drug-likeness (QED) is 0.895. The van der Waals surface area contributed by atoms with E-state index < -0.39 is 0 Å². The number of halogens is 1. The summed E-state index contributed by atoms with van der Waals surface area (Å²) in [5.74, 6) is -0.0876. The lowest BCUT2D eigenvalue weighted by Gasteiger charge is -2.30. The van der Waals surface area contributed by atoms with E-state index >= 15 is 0 Å². The van der Waals surface area contributed by atoms with E-state index in [2.05, 4.69) is 0 Å². The van der Waals surface area contributed by atoms with Crippen LogP contribution < -0.4 is 10.5 Å². The van der Waals surface area contributed by atoms with Gasteiger partial charge in [-0.05, 0) is 43.9 Å². The van der Waals surface area contributed by atoms with Gasteiger partial charge >= 0.3 is 0 Å². The molecule has 0 aliphatic carbocycles. The summed E-state index contributed by atoms with van der Waals surface area (Å²) in [6.07, 6.45) is 2.62. The standard InChI is InChI=1S/C14H20FNO2/c1-14(6-3-7-18-14)13(16)9-10-4-5-12(17-2)11(15)8-10/h4-5,8,13H,3,6-7,9,16H2,1-2H3. The number of methoxy groups -OCH3 is 1. The number of nitrogens with two attached hydrogens (primary N) is 1. The van der Waals surface area contributed by atoms with Gasteiger partial charge in [0.15, 0.2) is 11.6 Å². The van der Waals surface area contributed by atoms with E-state index in [-0.39, 0.29) is 23.2 Å². The van der Waals surface area contributed by atoms with E-state index in [1.165, 1.54) is 13.2 Å². The molecule has 0 spiro atoms. The molecule has 2 rings (SSSR count). The number of benzene rings is 1. The first-order valence-corrected chi connectivity index (χ1v) is 6.27. The minimum absolute atomic E-state index is 0.118. The second kappa shape index (κ2) is 5.24. The van der Waals surface area contributed by atoms with Crippen molar-refractivity contribution in [2.24, 2.45) is 5.73 Å². The Morgan fingerprint density at radius 2 is 2.33 bits per heavy atom. The largest absolute Gasteiger partial charge is 0.494 e. The Labute approximate surface area is 107 Å². The van der Waals surface area contributed by atoms with Crippen LogP contribution in [0.2, 0.25) is 0 Å². The molecule has 1 heterocycles. The highest BCUT2D eigenvalue weighted by Crippen LogP contribution is 2.29. The van der Waals surface area contributed by atoms with Crippen molar-refractivity contribution in [2.45, 2.75) is 37.8 Å². The first kappa shape index (κ1) is 13.3. The van der Waals surface area contributed by atoms with E-state index in [9.17, 15) is 4.39 Å². The van der Waals surface area contributed by atoms with E-state index in [1.54, 1.807) is 6.07 Å². The summed E-state index contributed by atoms with van der Waals surface area (Å²) in [6.45, 7) is 2.80. The van der Waals surface area contributed by atoms with Gasteiger partial charge in [-0.3, -0.25) is 0 Å². The van der Waals surface area contributed by atoms with Crippen LogP contribution >= 0.6 is 0 Å². The first-order chi connectivity index (χ1) is 8.55. The molecule has 0 amide bonds.